The van der Waals surface area contributed by atoms with Gasteiger partial charge in [-0.1, -0.05) is 0 Å². The van der Waals surface area contributed by atoms with Gasteiger partial charge in [0.2, 0.25) is 0 Å². The van der Waals surface area contributed by atoms with Crippen LogP contribution in [0.2, 0.25) is 0 Å². The van der Waals surface area contributed by atoms with Crippen molar-refractivity contribution < 1.29 is 14.6 Å². The topological polar surface area (TPSA) is 64.7 Å². The molecule has 0 bridgehead atoms. The standard InChI is InChI=1S/C13H20BrNO3/c1-17-12-6-13(18-2)11(14)5-10(12)4-3-9(7-15)8-16/h5-6,9,16H,3-4,7-8,15H2,1-2H3. The maximum absolute atomic E-state index is 9.13. The summed E-state index contributed by atoms with van der Waals surface area (Å²) in [4.78, 5) is 0. The number of halogens is 1. The molecule has 102 valence electrons. The van der Waals surface area contributed by atoms with Crippen molar-refractivity contribution in [3.63, 3.8) is 0 Å². The number of aliphatic hydroxyl groups excluding tert-OH is 1. The first kappa shape index (κ1) is 15.3. The third-order valence-electron chi connectivity index (χ3n) is 2.97. The van der Waals surface area contributed by atoms with Crippen molar-refractivity contribution in [1.29, 1.82) is 0 Å². The predicted octanol–water partition coefficient (Wildman–Crippen LogP) is 1.97. The average Bonchev–Trinajstić information content (AvgIpc) is 2.40. The van der Waals surface area contributed by atoms with Crippen LogP contribution in [-0.2, 0) is 6.42 Å². The van der Waals surface area contributed by atoms with Crippen molar-refractivity contribution in [2.45, 2.75) is 12.8 Å². The van der Waals surface area contributed by atoms with Crippen molar-refractivity contribution in [3.05, 3.63) is 22.2 Å². The second kappa shape index (κ2) is 7.61. The van der Waals surface area contributed by atoms with Gasteiger partial charge in [0.25, 0.3) is 0 Å². The van der Waals surface area contributed by atoms with E-state index in [0.717, 1.165) is 34.4 Å². The fraction of sp³-hybridized carbons (Fsp3) is 0.538. The highest BCUT2D eigenvalue weighted by Gasteiger charge is 2.12. The number of ether oxygens (including phenoxy) is 2. The molecular formula is C13H20BrNO3. The van der Waals surface area contributed by atoms with Crippen molar-refractivity contribution in [2.75, 3.05) is 27.4 Å². The molecule has 1 rings (SSSR count). The summed E-state index contributed by atoms with van der Waals surface area (Å²) in [7, 11) is 3.26. The van der Waals surface area contributed by atoms with Crippen molar-refractivity contribution in [2.24, 2.45) is 11.7 Å². The summed E-state index contributed by atoms with van der Waals surface area (Å²) in [5, 5.41) is 9.13. The highest BCUT2D eigenvalue weighted by atomic mass is 79.9. The van der Waals surface area contributed by atoms with Crippen LogP contribution in [0.4, 0.5) is 0 Å². The van der Waals surface area contributed by atoms with E-state index in [2.05, 4.69) is 15.9 Å². The number of rotatable bonds is 7. The third kappa shape index (κ3) is 3.86. The first-order valence-corrected chi connectivity index (χ1v) is 6.66. The smallest absolute Gasteiger partial charge is 0.136 e. The largest absolute Gasteiger partial charge is 0.496 e. The highest BCUT2D eigenvalue weighted by molar-refractivity contribution is 9.10. The molecule has 4 nitrogen and oxygen atoms in total. The number of hydrogen-bond acceptors (Lipinski definition) is 4. The Morgan fingerprint density at radius 3 is 2.44 bits per heavy atom. The van der Waals surface area contributed by atoms with Crippen LogP contribution in [0.25, 0.3) is 0 Å². The van der Waals surface area contributed by atoms with Crippen molar-refractivity contribution >= 4 is 15.9 Å². The zero-order valence-electron chi connectivity index (χ0n) is 10.8. The molecule has 1 atom stereocenters. The molecular weight excluding hydrogens is 298 g/mol. The lowest BCUT2D eigenvalue weighted by Crippen LogP contribution is -2.18. The third-order valence-corrected chi connectivity index (χ3v) is 3.59. The lowest BCUT2D eigenvalue weighted by atomic mass is 9.99. The monoisotopic (exact) mass is 317 g/mol. The summed E-state index contributed by atoms with van der Waals surface area (Å²) in [5.74, 6) is 1.67. The summed E-state index contributed by atoms with van der Waals surface area (Å²) in [6.45, 7) is 0.617. The normalized spacial score (nSPS) is 12.3. The Labute approximate surface area is 116 Å². The SMILES string of the molecule is COc1cc(OC)c(CCC(CN)CO)cc1Br. The molecule has 0 aliphatic rings. The maximum Gasteiger partial charge on any atom is 0.136 e. The van der Waals surface area contributed by atoms with Crippen LogP contribution < -0.4 is 15.2 Å². The second-order valence-electron chi connectivity index (χ2n) is 4.12. The van der Waals surface area contributed by atoms with Gasteiger partial charge >= 0.3 is 0 Å². The minimum absolute atomic E-state index is 0.121. The number of methoxy groups -OCH3 is 2. The molecule has 0 radical (unpaired) electrons. The number of benzene rings is 1. The fourth-order valence-electron chi connectivity index (χ4n) is 1.76. The van der Waals surface area contributed by atoms with Crippen LogP contribution in [0.1, 0.15) is 12.0 Å². The molecule has 1 aromatic rings. The molecule has 0 saturated heterocycles. The summed E-state index contributed by atoms with van der Waals surface area (Å²) < 4.78 is 11.5. The zero-order valence-corrected chi connectivity index (χ0v) is 12.4. The van der Waals surface area contributed by atoms with Crippen molar-refractivity contribution in [1.82, 2.24) is 0 Å². The van der Waals surface area contributed by atoms with E-state index in [4.69, 9.17) is 20.3 Å². The lowest BCUT2D eigenvalue weighted by Gasteiger charge is -2.15. The van der Waals surface area contributed by atoms with Gasteiger partial charge in [-0.2, -0.15) is 0 Å². The number of hydrogen-bond donors (Lipinski definition) is 2. The molecule has 0 heterocycles. The number of aliphatic hydroxyl groups is 1. The van der Waals surface area contributed by atoms with E-state index in [1.54, 1.807) is 14.2 Å². The maximum atomic E-state index is 9.13. The van der Waals surface area contributed by atoms with E-state index in [1.807, 2.05) is 12.1 Å². The molecule has 0 fully saturated rings. The molecule has 0 aliphatic heterocycles. The van der Waals surface area contributed by atoms with Gasteiger partial charge in [-0.05, 0) is 52.9 Å². The molecule has 5 heteroatoms. The van der Waals surface area contributed by atoms with Gasteiger partial charge in [0.05, 0.1) is 18.7 Å². The number of aryl methyl sites for hydroxylation is 1. The molecule has 0 aliphatic carbocycles. The summed E-state index contributed by atoms with van der Waals surface area (Å²) in [5.41, 5.74) is 6.65. The Bertz CT molecular complexity index is 381. The quantitative estimate of drug-likeness (QED) is 0.807. The Morgan fingerprint density at radius 1 is 1.28 bits per heavy atom. The Kier molecular flexibility index (Phi) is 6.46. The Balaban J connectivity index is 2.84. The van der Waals surface area contributed by atoms with Crippen molar-refractivity contribution in [3.8, 4) is 11.5 Å². The van der Waals surface area contributed by atoms with E-state index < -0.39 is 0 Å². The molecule has 0 saturated carbocycles. The van der Waals surface area contributed by atoms with Gasteiger partial charge in [-0.15, -0.1) is 0 Å². The number of nitrogens with two attached hydrogens (primary N) is 1. The van der Waals surface area contributed by atoms with Crippen LogP contribution in [0.15, 0.2) is 16.6 Å². The van der Waals surface area contributed by atoms with E-state index in [-0.39, 0.29) is 12.5 Å². The van der Waals surface area contributed by atoms with Gasteiger partial charge in [0, 0.05) is 12.7 Å². The lowest BCUT2D eigenvalue weighted by molar-refractivity contribution is 0.223. The Hall–Kier alpha value is -0.780. The highest BCUT2D eigenvalue weighted by Crippen LogP contribution is 2.33. The first-order chi connectivity index (χ1) is 8.65. The van der Waals surface area contributed by atoms with E-state index in [1.165, 1.54) is 0 Å². The van der Waals surface area contributed by atoms with Crippen LogP contribution >= 0.6 is 15.9 Å². The van der Waals surface area contributed by atoms with Gasteiger partial charge in [-0.3, -0.25) is 0 Å². The molecule has 0 amide bonds. The summed E-state index contributed by atoms with van der Waals surface area (Å²) in [6.07, 6.45) is 1.65. The van der Waals surface area contributed by atoms with Gasteiger partial charge in [-0.25, -0.2) is 0 Å². The molecule has 1 unspecified atom stereocenters. The average molecular weight is 318 g/mol. The van der Waals surface area contributed by atoms with Gasteiger partial charge in [0.15, 0.2) is 0 Å². The van der Waals surface area contributed by atoms with Crippen LogP contribution in [0.3, 0.4) is 0 Å². The molecule has 18 heavy (non-hydrogen) atoms. The van der Waals surface area contributed by atoms with E-state index in [0.29, 0.717) is 6.54 Å². The molecule has 1 aromatic carbocycles. The first-order valence-electron chi connectivity index (χ1n) is 5.87. The van der Waals surface area contributed by atoms with E-state index >= 15 is 0 Å². The van der Waals surface area contributed by atoms with Gasteiger partial charge < -0.3 is 20.3 Å². The Morgan fingerprint density at radius 2 is 1.94 bits per heavy atom. The molecule has 3 N–H and O–H groups in total. The van der Waals surface area contributed by atoms with E-state index in [9.17, 15) is 0 Å². The van der Waals surface area contributed by atoms with Crippen LogP contribution in [0, 0.1) is 5.92 Å². The van der Waals surface area contributed by atoms with Crippen LogP contribution in [0.5, 0.6) is 11.5 Å². The molecule has 0 aromatic heterocycles. The summed E-state index contributed by atoms with van der Waals surface area (Å²) in [6, 6.07) is 3.85. The fourth-order valence-corrected chi connectivity index (χ4v) is 2.31. The zero-order chi connectivity index (χ0) is 13.5. The van der Waals surface area contributed by atoms with Gasteiger partial charge in [0.1, 0.15) is 11.5 Å². The summed E-state index contributed by atoms with van der Waals surface area (Å²) >= 11 is 3.46. The van der Waals surface area contributed by atoms with Crippen LogP contribution in [-0.4, -0.2) is 32.5 Å². The minimum atomic E-state index is 0.121. The molecule has 0 spiro atoms. The second-order valence-corrected chi connectivity index (χ2v) is 4.98. The predicted molar refractivity (Wildman–Crippen MR) is 75.2 cm³/mol. The minimum Gasteiger partial charge on any atom is -0.496 e.